The summed E-state index contributed by atoms with van der Waals surface area (Å²) >= 11 is 0. The summed E-state index contributed by atoms with van der Waals surface area (Å²) in [5.74, 6) is 0.540. The number of aromatic nitrogens is 2. The van der Waals surface area contributed by atoms with Gasteiger partial charge < -0.3 is 9.47 Å². The van der Waals surface area contributed by atoms with Crippen LogP contribution in [0.1, 0.15) is 12.5 Å². The number of hydrogen-bond acceptors (Lipinski definition) is 3. The minimum atomic E-state index is -0.0607. The van der Waals surface area contributed by atoms with E-state index in [1.165, 1.54) is 5.39 Å². The van der Waals surface area contributed by atoms with Crippen LogP contribution in [-0.4, -0.2) is 44.8 Å². The third-order valence-corrected chi connectivity index (χ3v) is 6.57. The number of hydrogen-bond donors (Lipinski definition) is 0. The highest BCUT2D eigenvalue weighted by molar-refractivity contribution is 6.16. The van der Waals surface area contributed by atoms with Gasteiger partial charge in [0.05, 0.1) is 22.9 Å². The molecule has 6 rings (SSSR count). The number of pyridine rings is 1. The largest absolute Gasteiger partial charge is 0.310 e. The standard InChI is InChI=1S/C30H25N5O/c1-3-34-29(36)28(33(2)30(34)32-22-10-9-17-31-20-22)19-21-15-16-27-25(18-21)24-13-7-8-14-26(24)35(27)23-11-5-4-6-12-23/h4-20H,3H2,1-2H3/b28-19+,32-30-. The Bertz CT molecular complexity index is 1650. The lowest BCUT2D eigenvalue weighted by Gasteiger charge is -2.16. The van der Waals surface area contributed by atoms with Crippen LogP contribution in [0.2, 0.25) is 0 Å². The van der Waals surface area contributed by atoms with Crippen molar-refractivity contribution in [2.75, 3.05) is 13.6 Å². The molecule has 0 saturated carbocycles. The number of guanidine groups is 1. The normalized spacial score (nSPS) is 16.2. The fraction of sp³-hybridized carbons (Fsp3) is 0.100. The summed E-state index contributed by atoms with van der Waals surface area (Å²) in [4.78, 5) is 25.7. The number of amides is 1. The molecule has 36 heavy (non-hydrogen) atoms. The van der Waals surface area contributed by atoms with Crippen LogP contribution in [0, 0.1) is 0 Å². The van der Waals surface area contributed by atoms with Gasteiger partial charge in [0.25, 0.3) is 5.91 Å². The van der Waals surface area contributed by atoms with E-state index in [0.717, 1.165) is 27.7 Å². The lowest BCUT2D eigenvalue weighted by molar-refractivity contribution is -0.122. The van der Waals surface area contributed by atoms with Crippen molar-refractivity contribution in [3.8, 4) is 5.69 Å². The van der Waals surface area contributed by atoms with Gasteiger partial charge in [-0.15, -0.1) is 0 Å². The summed E-state index contributed by atoms with van der Waals surface area (Å²) in [5, 5.41) is 2.32. The fourth-order valence-corrected chi connectivity index (χ4v) is 4.87. The Labute approximate surface area is 209 Å². The van der Waals surface area contributed by atoms with E-state index in [0.29, 0.717) is 23.9 Å². The Hall–Kier alpha value is -4.71. The average molecular weight is 472 g/mol. The third kappa shape index (κ3) is 3.55. The number of para-hydroxylation sites is 2. The van der Waals surface area contributed by atoms with Gasteiger partial charge in [-0.3, -0.25) is 14.7 Å². The first kappa shape index (κ1) is 21.8. The molecule has 0 aliphatic carbocycles. The first-order valence-electron chi connectivity index (χ1n) is 12.0. The van der Waals surface area contributed by atoms with E-state index < -0.39 is 0 Å². The molecule has 5 aromatic rings. The van der Waals surface area contributed by atoms with Crippen LogP contribution in [0.25, 0.3) is 33.6 Å². The number of benzene rings is 3. The van der Waals surface area contributed by atoms with Gasteiger partial charge in [-0.2, -0.15) is 0 Å². The van der Waals surface area contributed by atoms with Crippen molar-refractivity contribution in [3.63, 3.8) is 0 Å². The molecule has 1 fully saturated rings. The number of fused-ring (bicyclic) bond motifs is 3. The van der Waals surface area contributed by atoms with E-state index in [9.17, 15) is 4.79 Å². The van der Waals surface area contributed by atoms with Crippen LogP contribution in [0.5, 0.6) is 0 Å². The number of nitrogens with zero attached hydrogens (tertiary/aromatic N) is 5. The highest BCUT2D eigenvalue weighted by Gasteiger charge is 2.36. The maximum atomic E-state index is 13.3. The van der Waals surface area contributed by atoms with Crippen LogP contribution in [0.4, 0.5) is 5.69 Å². The number of rotatable bonds is 4. The first-order chi connectivity index (χ1) is 17.7. The molecule has 0 bridgehead atoms. The Morgan fingerprint density at radius 1 is 0.889 bits per heavy atom. The van der Waals surface area contributed by atoms with Crippen LogP contribution >= 0.6 is 0 Å². The zero-order valence-electron chi connectivity index (χ0n) is 20.2. The SMILES string of the molecule is CCN1C(=O)/C(=C\c2ccc3c(c2)c2ccccc2n3-c2ccccc2)N(C)/C1=N/c1cccnc1. The second kappa shape index (κ2) is 8.82. The minimum absolute atomic E-state index is 0.0607. The first-order valence-corrected chi connectivity index (χ1v) is 12.0. The van der Waals surface area contributed by atoms with Gasteiger partial charge >= 0.3 is 0 Å². The maximum absolute atomic E-state index is 13.3. The Kier molecular flexibility index (Phi) is 5.34. The monoisotopic (exact) mass is 471 g/mol. The summed E-state index contributed by atoms with van der Waals surface area (Å²) in [7, 11) is 1.88. The zero-order valence-corrected chi connectivity index (χ0v) is 20.2. The number of likely N-dealkylation sites (N-methyl/N-ethyl adjacent to an activating group) is 2. The fourth-order valence-electron chi connectivity index (χ4n) is 4.87. The van der Waals surface area contributed by atoms with Crippen molar-refractivity contribution in [3.05, 3.63) is 109 Å². The third-order valence-electron chi connectivity index (χ3n) is 6.57. The molecule has 176 valence electrons. The number of carbonyl (C=O) groups excluding carboxylic acids is 1. The molecule has 1 aliphatic rings. The predicted molar refractivity (Wildman–Crippen MR) is 145 cm³/mol. The number of carbonyl (C=O) groups is 1. The second-order valence-corrected chi connectivity index (χ2v) is 8.73. The van der Waals surface area contributed by atoms with Gasteiger partial charge in [-0.05, 0) is 61.0 Å². The van der Waals surface area contributed by atoms with Crippen molar-refractivity contribution < 1.29 is 4.79 Å². The van der Waals surface area contributed by atoms with Crippen LogP contribution in [-0.2, 0) is 4.79 Å². The molecule has 0 N–H and O–H groups in total. The van der Waals surface area contributed by atoms with Gasteiger partial charge in [0.15, 0.2) is 0 Å². The molecule has 6 heteroatoms. The molecule has 2 aromatic heterocycles. The van der Waals surface area contributed by atoms with Crippen molar-refractivity contribution >= 4 is 45.4 Å². The second-order valence-electron chi connectivity index (χ2n) is 8.73. The van der Waals surface area contributed by atoms with Crippen molar-refractivity contribution in [1.29, 1.82) is 0 Å². The molecule has 0 unspecified atom stereocenters. The van der Waals surface area contributed by atoms with Crippen LogP contribution in [0.3, 0.4) is 0 Å². The van der Waals surface area contributed by atoms with E-state index in [1.54, 1.807) is 17.3 Å². The summed E-state index contributed by atoms with van der Waals surface area (Å²) < 4.78 is 2.28. The van der Waals surface area contributed by atoms with Gasteiger partial charge in [0, 0.05) is 36.2 Å². The summed E-state index contributed by atoms with van der Waals surface area (Å²) in [5.41, 5.74) is 5.67. The molecule has 0 atom stereocenters. The Morgan fingerprint density at radius 2 is 1.67 bits per heavy atom. The summed E-state index contributed by atoms with van der Waals surface area (Å²) in [6.45, 7) is 2.49. The predicted octanol–water partition coefficient (Wildman–Crippen LogP) is 6.00. The Balaban J connectivity index is 1.47. The van der Waals surface area contributed by atoms with Gasteiger partial charge in [0.2, 0.25) is 5.96 Å². The molecule has 0 spiro atoms. The number of aliphatic imine (C=N–C) groups is 1. The average Bonchev–Trinajstić information content (AvgIpc) is 3.36. The molecule has 1 amide bonds. The minimum Gasteiger partial charge on any atom is -0.310 e. The van der Waals surface area contributed by atoms with Gasteiger partial charge in [0.1, 0.15) is 5.70 Å². The van der Waals surface area contributed by atoms with Crippen LogP contribution in [0.15, 0.2) is 108 Å². The van der Waals surface area contributed by atoms with Gasteiger partial charge in [-0.1, -0.05) is 42.5 Å². The van der Waals surface area contributed by atoms with Crippen molar-refractivity contribution in [2.24, 2.45) is 4.99 Å². The molecule has 1 saturated heterocycles. The summed E-state index contributed by atoms with van der Waals surface area (Å²) in [6, 6.07) is 28.9. The van der Waals surface area contributed by atoms with Crippen LogP contribution < -0.4 is 0 Å². The molecule has 3 aromatic carbocycles. The summed E-state index contributed by atoms with van der Waals surface area (Å²) in [6.07, 6.45) is 5.35. The van der Waals surface area contributed by atoms with Crippen molar-refractivity contribution in [2.45, 2.75) is 6.92 Å². The molecule has 0 radical (unpaired) electrons. The van der Waals surface area contributed by atoms with E-state index in [-0.39, 0.29) is 5.91 Å². The highest BCUT2D eigenvalue weighted by Crippen LogP contribution is 2.33. The highest BCUT2D eigenvalue weighted by atomic mass is 16.2. The topological polar surface area (TPSA) is 53.7 Å². The van der Waals surface area contributed by atoms with Gasteiger partial charge in [-0.25, -0.2) is 4.99 Å². The molecule has 1 aliphatic heterocycles. The Morgan fingerprint density at radius 3 is 2.44 bits per heavy atom. The molecule has 6 nitrogen and oxygen atoms in total. The zero-order chi connectivity index (χ0) is 24.6. The van der Waals surface area contributed by atoms with E-state index in [1.807, 2.05) is 43.1 Å². The van der Waals surface area contributed by atoms with E-state index >= 15 is 0 Å². The van der Waals surface area contributed by atoms with E-state index in [2.05, 4.69) is 76.3 Å². The molecular weight excluding hydrogens is 446 g/mol. The quantitative estimate of drug-likeness (QED) is 0.302. The smallest absolute Gasteiger partial charge is 0.277 e. The van der Waals surface area contributed by atoms with E-state index in [4.69, 9.17) is 4.99 Å². The lowest BCUT2D eigenvalue weighted by atomic mass is 10.1. The maximum Gasteiger partial charge on any atom is 0.277 e. The molecular formula is C30H25N5O. The molecule has 3 heterocycles. The lowest BCUT2D eigenvalue weighted by Crippen LogP contribution is -2.32. The van der Waals surface area contributed by atoms with Crippen molar-refractivity contribution in [1.82, 2.24) is 19.4 Å².